The molecule has 148 valence electrons. The van der Waals surface area contributed by atoms with Gasteiger partial charge in [0, 0.05) is 24.1 Å². The second-order valence-corrected chi connectivity index (χ2v) is 7.21. The first-order chi connectivity index (χ1) is 13.2. The molecule has 0 spiro atoms. The molecule has 27 heavy (non-hydrogen) atoms. The van der Waals surface area contributed by atoms with E-state index in [4.69, 9.17) is 5.73 Å². The summed E-state index contributed by atoms with van der Waals surface area (Å²) in [5.74, 6) is -0.355. The summed E-state index contributed by atoms with van der Waals surface area (Å²) in [5, 5.41) is 3.10. The largest absolute Gasteiger partial charge is 0.360 e. The van der Waals surface area contributed by atoms with Crippen LogP contribution < -0.4 is 16.5 Å². The summed E-state index contributed by atoms with van der Waals surface area (Å²) in [6, 6.07) is 5.92. The first kappa shape index (κ1) is 21.2. The van der Waals surface area contributed by atoms with Crippen molar-refractivity contribution in [2.24, 2.45) is 5.73 Å². The monoisotopic (exact) mass is 371 g/mol. The van der Waals surface area contributed by atoms with Gasteiger partial charge in [0.15, 0.2) is 0 Å². The average molecular weight is 372 g/mol. The third-order valence-electron chi connectivity index (χ3n) is 5.09. The molecule has 0 bridgehead atoms. The zero-order valence-corrected chi connectivity index (χ0v) is 16.5. The van der Waals surface area contributed by atoms with Crippen molar-refractivity contribution in [2.45, 2.75) is 64.2 Å². The van der Waals surface area contributed by atoms with Gasteiger partial charge >= 0.3 is 0 Å². The number of pyridine rings is 1. The Labute approximate surface area is 161 Å². The lowest BCUT2D eigenvalue weighted by Gasteiger charge is -2.06. The standard InChI is InChI=1S/C22H33N3O2/c1-24-22(27)19-16-25-20-13-12-17(15-18(20)21(19)26)11-9-7-5-3-2-4-6-8-10-14-23/h12-13,15-16H,2-11,14,23H2,1H3,(H,24,27)(H,25,26). The van der Waals surface area contributed by atoms with Crippen LogP contribution in [0.5, 0.6) is 0 Å². The van der Waals surface area contributed by atoms with Crippen molar-refractivity contribution in [3.8, 4) is 0 Å². The predicted molar refractivity (Wildman–Crippen MR) is 112 cm³/mol. The Morgan fingerprint density at radius 3 is 2.26 bits per heavy atom. The van der Waals surface area contributed by atoms with Crippen LogP contribution in [0.3, 0.4) is 0 Å². The Morgan fingerprint density at radius 1 is 1.00 bits per heavy atom. The molecule has 0 aliphatic rings. The molecular weight excluding hydrogens is 338 g/mol. The molecule has 0 unspecified atom stereocenters. The summed E-state index contributed by atoms with van der Waals surface area (Å²) in [6.07, 6.45) is 13.7. The number of amides is 1. The van der Waals surface area contributed by atoms with E-state index in [1.807, 2.05) is 12.1 Å². The third kappa shape index (κ3) is 6.51. The first-order valence-corrected chi connectivity index (χ1v) is 10.2. The van der Waals surface area contributed by atoms with Gasteiger partial charge in [-0.25, -0.2) is 0 Å². The molecule has 2 rings (SSSR count). The van der Waals surface area contributed by atoms with Gasteiger partial charge in [-0.15, -0.1) is 0 Å². The Balaban J connectivity index is 1.79. The molecule has 0 saturated carbocycles. The van der Waals surface area contributed by atoms with Crippen LogP contribution in [0.1, 0.15) is 73.7 Å². The van der Waals surface area contributed by atoms with E-state index >= 15 is 0 Å². The number of nitrogens with two attached hydrogens (primary N) is 1. The van der Waals surface area contributed by atoms with Crippen molar-refractivity contribution in [3.05, 3.63) is 45.7 Å². The smallest absolute Gasteiger partial charge is 0.256 e. The first-order valence-electron chi connectivity index (χ1n) is 10.2. The van der Waals surface area contributed by atoms with E-state index in [0.717, 1.165) is 36.9 Å². The fraction of sp³-hybridized carbons (Fsp3) is 0.545. The van der Waals surface area contributed by atoms with Crippen LogP contribution in [0.4, 0.5) is 0 Å². The number of carbonyl (C=O) groups excluding carboxylic acids is 1. The normalized spacial score (nSPS) is 11.0. The molecular formula is C22H33N3O2. The van der Waals surface area contributed by atoms with E-state index in [9.17, 15) is 9.59 Å². The van der Waals surface area contributed by atoms with Crippen molar-refractivity contribution in [2.75, 3.05) is 13.6 Å². The highest BCUT2D eigenvalue weighted by molar-refractivity contribution is 5.97. The van der Waals surface area contributed by atoms with E-state index < -0.39 is 0 Å². The number of aromatic nitrogens is 1. The lowest BCUT2D eigenvalue weighted by molar-refractivity contribution is 0.0962. The molecule has 1 aromatic heterocycles. The molecule has 5 heteroatoms. The van der Waals surface area contributed by atoms with E-state index in [2.05, 4.69) is 16.4 Å². The van der Waals surface area contributed by atoms with Crippen LogP contribution >= 0.6 is 0 Å². The highest BCUT2D eigenvalue weighted by Crippen LogP contribution is 2.15. The van der Waals surface area contributed by atoms with Gasteiger partial charge in [0.05, 0.1) is 0 Å². The Kier molecular flexibility index (Phi) is 9.05. The van der Waals surface area contributed by atoms with Crippen molar-refractivity contribution in [3.63, 3.8) is 0 Å². The molecule has 1 heterocycles. The molecule has 4 N–H and O–H groups in total. The van der Waals surface area contributed by atoms with Crippen LogP contribution in [0.15, 0.2) is 29.2 Å². The van der Waals surface area contributed by atoms with Gasteiger partial charge in [-0.3, -0.25) is 9.59 Å². The van der Waals surface area contributed by atoms with E-state index in [-0.39, 0.29) is 16.9 Å². The maximum atomic E-state index is 12.5. The Morgan fingerprint density at radius 2 is 1.63 bits per heavy atom. The summed E-state index contributed by atoms with van der Waals surface area (Å²) in [4.78, 5) is 27.4. The minimum absolute atomic E-state index is 0.161. The van der Waals surface area contributed by atoms with Gasteiger partial charge in [0.2, 0.25) is 5.43 Å². The Hall–Kier alpha value is -2.14. The second kappa shape index (κ2) is 11.5. The van der Waals surface area contributed by atoms with Gasteiger partial charge in [0.1, 0.15) is 5.56 Å². The lowest BCUT2D eigenvalue weighted by atomic mass is 10.0. The molecule has 2 aromatic rings. The number of fused-ring (bicyclic) bond motifs is 1. The molecule has 0 saturated heterocycles. The summed E-state index contributed by atoms with van der Waals surface area (Å²) in [6.45, 7) is 0.813. The van der Waals surface area contributed by atoms with Gasteiger partial charge in [-0.2, -0.15) is 0 Å². The van der Waals surface area contributed by atoms with Crippen LogP contribution in [-0.4, -0.2) is 24.5 Å². The number of H-pyrrole nitrogens is 1. The maximum absolute atomic E-state index is 12.5. The number of hydrogen-bond donors (Lipinski definition) is 3. The number of benzene rings is 1. The van der Waals surface area contributed by atoms with Gasteiger partial charge in [-0.05, 0) is 43.5 Å². The van der Waals surface area contributed by atoms with Crippen molar-refractivity contribution in [1.29, 1.82) is 0 Å². The number of aryl methyl sites for hydroxylation is 1. The molecule has 0 atom stereocenters. The quantitative estimate of drug-likeness (QED) is 0.494. The fourth-order valence-corrected chi connectivity index (χ4v) is 3.44. The number of unbranched alkanes of at least 4 members (excludes halogenated alkanes) is 8. The fourth-order valence-electron chi connectivity index (χ4n) is 3.44. The highest BCUT2D eigenvalue weighted by atomic mass is 16.2. The zero-order valence-electron chi connectivity index (χ0n) is 16.5. The third-order valence-corrected chi connectivity index (χ3v) is 5.09. The number of carbonyl (C=O) groups is 1. The predicted octanol–water partition coefficient (Wildman–Crippen LogP) is 3.90. The van der Waals surface area contributed by atoms with Crippen LogP contribution in [0.2, 0.25) is 0 Å². The molecule has 0 aliphatic carbocycles. The molecule has 0 radical (unpaired) electrons. The van der Waals surface area contributed by atoms with Crippen LogP contribution in [0.25, 0.3) is 10.9 Å². The molecule has 5 nitrogen and oxygen atoms in total. The SMILES string of the molecule is CNC(=O)c1c[nH]c2ccc(CCCCCCCCCCCN)cc2c1=O. The van der Waals surface area contributed by atoms with Crippen LogP contribution in [0, 0.1) is 0 Å². The molecule has 1 aromatic carbocycles. The second-order valence-electron chi connectivity index (χ2n) is 7.21. The maximum Gasteiger partial charge on any atom is 0.256 e. The average Bonchev–Trinajstić information content (AvgIpc) is 2.69. The number of hydrogen-bond acceptors (Lipinski definition) is 3. The summed E-state index contributed by atoms with van der Waals surface area (Å²) < 4.78 is 0. The summed E-state index contributed by atoms with van der Waals surface area (Å²) >= 11 is 0. The Bertz CT molecular complexity index is 783. The number of nitrogens with one attached hydrogen (secondary N) is 2. The molecule has 0 aliphatic heterocycles. The summed E-state index contributed by atoms with van der Waals surface area (Å²) in [7, 11) is 1.53. The number of aromatic amines is 1. The van der Waals surface area contributed by atoms with E-state index in [0.29, 0.717) is 5.39 Å². The van der Waals surface area contributed by atoms with E-state index in [1.165, 1.54) is 58.2 Å². The van der Waals surface area contributed by atoms with Crippen molar-refractivity contribution in [1.82, 2.24) is 10.3 Å². The van der Waals surface area contributed by atoms with Gasteiger partial charge in [0.25, 0.3) is 5.91 Å². The van der Waals surface area contributed by atoms with Gasteiger partial charge in [-0.1, -0.05) is 51.0 Å². The van der Waals surface area contributed by atoms with Crippen molar-refractivity contribution >= 4 is 16.8 Å². The van der Waals surface area contributed by atoms with E-state index in [1.54, 1.807) is 0 Å². The van der Waals surface area contributed by atoms with Gasteiger partial charge < -0.3 is 16.0 Å². The minimum atomic E-state index is -0.355. The summed E-state index contributed by atoms with van der Waals surface area (Å²) in [5.41, 5.74) is 7.38. The number of rotatable bonds is 12. The zero-order chi connectivity index (χ0) is 19.5. The van der Waals surface area contributed by atoms with Crippen LogP contribution in [-0.2, 0) is 6.42 Å². The minimum Gasteiger partial charge on any atom is -0.360 e. The topological polar surface area (TPSA) is 88.0 Å². The molecule has 0 fully saturated rings. The van der Waals surface area contributed by atoms with Crippen molar-refractivity contribution < 1.29 is 4.79 Å². The highest BCUT2D eigenvalue weighted by Gasteiger charge is 2.11. The molecule has 1 amide bonds. The lowest BCUT2D eigenvalue weighted by Crippen LogP contribution is -2.25.